The molecule has 2 nitrogen and oxygen atoms in total. The third kappa shape index (κ3) is 2.75. The molecule has 106 valence electrons. The summed E-state index contributed by atoms with van der Waals surface area (Å²) >= 11 is 0. The summed E-state index contributed by atoms with van der Waals surface area (Å²) in [5.41, 5.74) is 2.73. The molecule has 0 aliphatic heterocycles. The van der Waals surface area contributed by atoms with Crippen LogP contribution in [0, 0.1) is 5.41 Å². The molecule has 0 unspecified atom stereocenters. The molecule has 0 saturated carbocycles. The highest BCUT2D eigenvalue weighted by molar-refractivity contribution is 5.76. The first-order chi connectivity index (χ1) is 10.2. The Kier molecular flexibility index (Phi) is 3.61. The van der Waals surface area contributed by atoms with Crippen LogP contribution < -0.4 is 0 Å². The SMILES string of the molecule is O=C(O)C1(Cc2cccc(-c3ccccc3)c2)CC=CC1. The molecule has 21 heavy (non-hydrogen) atoms. The van der Waals surface area contributed by atoms with Crippen LogP contribution in [0.2, 0.25) is 0 Å². The number of hydrogen-bond acceptors (Lipinski definition) is 1. The second-order valence-electron chi connectivity index (χ2n) is 5.71. The van der Waals surface area contributed by atoms with Gasteiger partial charge in [-0.3, -0.25) is 4.79 Å². The van der Waals surface area contributed by atoms with Gasteiger partial charge in [0.05, 0.1) is 5.41 Å². The molecule has 0 fully saturated rings. The van der Waals surface area contributed by atoms with Crippen molar-refractivity contribution in [1.29, 1.82) is 0 Å². The predicted octanol–water partition coefficient (Wildman–Crippen LogP) is 4.32. The lowest BCUT2D eigenvalue weighted by atomic mass is 9.79. The molecule has 0 amide bonds. The molecular weight excluding hydrogens is 260 g/mol. The fraction of sp³-hybridized carbons (Fsp3) is 0.211. The first-order valence-corrected chi connectivity index (χ1v) is 7.22. The van der Waals surface area contributed by atoms with E-state index in [-0.39, 0.29) is 0 Å². The van der Waals surface area contributed by atoms with Gasteiger partial charge in [-0.15, -0.1) is 0 Å². The van der Waals surface area contributed by atoms with Crippen molar-refractivity contribution in [2.24, 2.45) is 5.41 Å². The van der Waals surface area contributed by atoms with E-state index in [0.29, 0.717) is 19.3 Å². The minimum atomic E-state index is -0.697. The Hall–Kier alpha value is -2.35. The standard InChI is InChI=1S/C19H18O2/c20-18(21)19(11-4-5-12-19)14-15-7-6-10-17(13-15)16-8-2-1-3-9-16/h1-10,13H,11-12,14H2,(H,20,21). The van der Waals surface area contributed by atoms with E-state index in [1.807, 2.05) is 42.5 Å². The summed E-state index contributed by atoms with van der Waals surface area (Å²) in [6, 6.07) is 18.4. The Morgan fingerprint density at radius 2 is 1.62 bits per heavy atom. The number of carbonyl (C=O) groups is 1. The number of rotatable bonds is 4. The second-order valence-corrected chi connectivity index (χ2v) is 5.71. The quantitative estimate of drug-likeness (QED) is 0.846. The Morgan fingerprint density at radius 1 is 0.952 bits per heavy atom. The molecule has 1 aliphatic carbocycles. The van der Waals surface area contributed by atoms with Crippen LogP contribution >= 0.6 is 0 Å². The Morgan fingerprint density at radius 3 is 2.29 bits per heavy atom. The van der Waals surface area contributed by atoms with Gasteiger partial charge in [-0.05, 0) is 36.0 Å². The number of allylic oxidation sites excluding steroid dienone is 2. The monoisotopic (exact) mass is 278 g/mol. The van der Waals surface area contributed by atoms with Gasteiger partial charge in [0.15, 0.2) is 0 Å². The largest absolute Gasteiger partial charge is 0.481 e. The van der Waals surface area contributed by atoms with Gasteiger partial charge in [-0.2, -0.15) is 0 Å². The van der Waals surface area contributed by atoms with Crippen molar-refractivity contribution >= 4 is 5.97 Å². The number of aliphatic carboxylic acids is 1. The van der Waals surface area contributed by atoms with Crippen molar-refractivity contribution in [3.05, 3.63) is 72.3 Å². The molecule has 1 N–H and O–H groups in total. The normalized spacial score (nSPS) is 16.0. The van der Waals surface area contributed by atoms with Crippen LogP contribution in [0.3, 0.4) is 0 Å². The van der Waals surface area contributed by atoms with Gasteiger partial charge in [0.1, 0.15) is 0 Å². The fourth-order valence-electron chi connectivity index (χ4n) is 2.98. The van der Waals surface area contributed by atoms with E-state index >= 15 is 0 Å². The van der Waals surface area contributed by atoms with E-state index in [2.05, 4.69) is 24.3 Å². The van der Waals surface area contributed by atoms with Gasteiger partial charge in [0.25, 0.3) is 0 Å². The number of hydrogen-bond donors (Lipinski definition) is 1. The molecular formula is C19H18O2. The van der Waals surface area contributed by atoms with Crippen molar-refractivity contribution < 1.29 is 9.90 Å². The lowest BCUT2D eigenvalue weighted by Crippen LogP contribution is -2.30. The van der Waals surface area contributed by atoms with Crippen LogP contribution in [-0.4, -0.2) is 11.1 Å². The maximum atomic E-state index is 11.6. The van der Waals surface area contributed by atoms with Crippen molar-refractivity contribution in [1.82, 2.24) is 0 Å². The zero-order valence-electron chi connectivity index (χ0n) is 11.8. The summed E-state index contributed by atoms with van der Waals surface area (Å²) < 4.78 is 0. The smallest absolute Gasteiger partial charge is 0.310 e. The van der Waals surface area contributed by atoms with E-state index in [0.717, 1.165) is 16.7 Å². The lowest BCUT2D eigenvalue weighted by molar-refractivity contribution is -0.148. The van der Waals surface area contributed by atoms with Gasteiger partial charge < -0.3 is 5.11 Å². The highest BCUT2D eigenvalue weighted by Gasteiger charge is 2.38. The van der Waals surface area contributed by atoms with Crippen molar-refractivity contribution in [3.8, 4) is 11.1 Å². The molecule has 0 saturated heterocycles. The maximum Gasteiger partial charge on any atom is 0.310 e. The summed E-state index contributed by atoms with van der Waals surface area (Å²) in [6.07, 6.45) is 5.79. The van der Waals surface area contributed by atoms with E-state index < -0.39 is 11.4 Å². The van der Waals surface area contributed by atoms with E-state index in [1.165, 1.54) is 0 Å². The van der Waals surface area contributed by atoms with Crippen molar-refractivity contribution in [3.63, 3.8) is 0 Å². The highest BCUT2D eigenvalue weighted by atomic mass is 16.4. The molecule has 3 rings (SSSR count). The highest BCUT2D eigenvalue weighted by Crippen LogP contribution is 2.37. The van der Waals surface area contributed by atoms with Crippen LogP contribution in [0.1, 0.15) is 18.4 Å². The first kappa shape index (κ1) is 13.6. The number of carboxylic acids is 1. The summed E-state index contributed by atoms with van der Waals surface area (Å²) in [5.74, 6) is -0.697. The molecule has 2 heteroatoms. The van der Waals surface area contributed by atoms with Gasteiger partial charge >= 0.3 is 5.97 Å². The molecule has 0 spiro atoms. The van der Waals surface area contributed by atoms with Crippen LogP contribution in [0.4, 0.5) is 0 Å². The molecule has 1 aliphatic rings. The van der Waals surface area contributed by atoms with Crippen LogP contribution in [0.5, 0.6) is 0 Å². The summed E-state index contributed by atoms with van der Waals surface area (Å²) in [4.78, 5) is 11.6. The number of benzene rings is 2. The first-order valence-electron chi connectivity index (χ1n) is 7.22. The summed E-state index contributed by atoms with van der Waals surface area (Å²) in [5, 5.41) is 9.57. The van der Waals surface area contributed by atoms with E-state index in [4.69, 9.17) is 0 Å². The average molecular weight is 278 g/mol. The van der Waals surface area contributed by atoms with Crippen LogP contribution in [-0.2, 0) is 11.2 Å². The third-order valence-electron chi connectivity index (χ3n) is 4.21. The third-order valence-corrected chi connectivity index (χ3v) is 4.21. The van der Waals surface area contributed by atoms with Crippen molar-refractivity contribution in [2.75, 3.05) is 0 Å². The fourth-order valence-corrected chi connectivity index (χ4v) is 2.98. The summed E-state index contributed by atoms with van der Waals surface area (Å²) in [7, 11) is 0. The van der Waals surface area contributed by atoms with Gasteiger partial charge in [0.2, 0.25) is 0 Å². The Labute approximate surface area is 124 Å². The Bertz CT molecular complexity index is 663. The van der Waals surface area contributed by atoms with E-state index in [1.54, 1.807) is 0 Å². The topological polar surface area (TPSA) is 37.3 Å². The van der Waals surface area contributed by atoms with E-state index in [9.17, 15) is 9.90 Å². The summed E-state index contributed by atoms with van der Waals surface area (Å²) in [6.45, 7) is 0. The van der Waals surface area contributed by atoms with Gasteiger partial charge in [-0.25, -0.2) is 0 Å². The molecule has 0 bridgehead atoms. The molecule has 0 heterocycles. The molecule has 0 atom stereocenters. The minimum Gasteiger partial charge on any atom is -0.481 e. The molecule has 0 aromatic heterocycles. The number of carboxylic acid groups (broad SMARTS) is 1. The zero-order valence-corrected chi connectivity index (χ0v) is 11.8. The molecule has 2 aromatic carbocycles. The van der Waals surface area contributed by atoms with Crippen LogP contribution in [0.25, 0.3) is 11.1 Å². The van der Waals surface area contributed by atoms with Crippen LogP contribution in [0.15, 0.2) is 66.7 Å². The lowest BCUT2D eigenvalue weighted by Gasteiger charge is -2.24. The maximum absolute atomic E-state index is 11.6. The Balaban J connectivity index is 1.89. The zero-order chi connectivity index (χ0) is 14.7. The molecule has 2 aromatic rings. The second kappa shape index (κ2) is 5.57. The molecule has 0 radical (unpaired) electrons. The van der Waals surface area contributed by atoms with Gasteiger partial charge in [0, 0.05) is 0 Å². The van der Waals surface area contributed by atoms with Crippen molar-refractivity contribution in [2.45, 2.75) is 19.3 Å². The average Bonchev–Trinajstić information content (AvgIpc) is 2.98. The van der Waals surface area contributed by atoms with Gasteiger partial charge in [-0.1, -0.05) is 66.7 Å². The minimum absolute atomic E-state index is 0.579. The predicted molar refractivity (Wildman–Crippen MR) is 84.0 cm³/mol.